The summed E-state index contributed by atoms with van der Waals surface area (Å²) in [5.41, 5.74) is 1.83. The molecule has 2 rings (SSSR count). The van der Waals surface area contributed by atoms with E-state index in [0.717, 1.165) is 6.54 Å². The number of hydrogen-bond donors (Lipinski definition) is 2. The standard InChI is InChI=1S/C20H25N3O2/c1-23(2)20(17-6-4-3-5-7-17)14-22-13-18(24)15-25-19-10-8-16(12-21)9-11-19/h3-11,18,20,22,24H,13-15H2,1-2H3/t18-,20+/m1/s1. The van der Waals surface area contributed by atoms with E-state index in [1.165, 1.54) is 5.56 Å². The van der Waals surface area contributed by atoms with Crippen molar-refractivity contribution in [1.82, 2.24) is 10.2 Å². The van der Waals surface area contributed by atoms with Gasteiger partial charge in [0.15, 0.2) is 0 Å². The number of rotatable bonds is 9. The molecule has 0 aromatic heterocycles. The molecule has 0 heterocycles. The number of benzene rings is 2. The molecule has 2 atom stereocenters. The van der Waals surface area contributed by atoms with Crippen molar-refractivity contribution >= 4 is 0 Å². The van der Waals surface area contributed by atoms with Crippen molar-refractivity contribution < 1.29 is 9.84 Å². The summed E-state index contributed by atoms with van der Waals surface area (Å²) in [6, 6.07) is 19.5. The maximum Gasteiger partial charge on any atom is 0.119 e. The molecular weight excluding hydrogens is 314 g/mol. The van der Waals surface area contributed by atoms with E-state index in [0.29, 0.717) is 17.9 Å². The third-order valence-electron chi connectivity index (χ3n) is 3.95. The van der Waals surface area contributed by atoms with Crippen molar-refractivity contribution in [2.45, 2.75) is 12.1 Å². The Labute approximate surface area is 149 Å². The van der Waals surface area contributed by atoms with Crippen molar-refractivity contribution in [3.05, 3.63) is 65.7 Å². The normalized spacial score (nSPS) is 13.2. The summed E-state index contributed by atoms with van der Waals surface area (Å²) < 4.78 is 5.55. The van der Waals surface area contributed by atoms with Crippen LogP contribution in [0.2, 0.25) is 0 Å². The minimum Gasteiger partial charge on any atom is -0.491 e. The molecule has 0 spiro atoms. The van der Waals surface area contributed by atoms with E-state index in [1.54, 1.807) is 24.3 Å². The molecule has 2 aromatic carbocycles. The van der Waals surface area contributed by atoms with Crippen molar-refractivity contribution in [3.63, 3.8) is 0 Å². The van der Waals surface area contributed by atoms with Crippen LogP contribution in [0.25, 0.3) is 0 Å². The maximum atomic E-state index is 10.1. The zero-order valence-corrected chi connectivity index (χ0v) is 14.7. The summed E-state index contributed by atoms with van der Waals surface area (Å²) in [5.74, 6) is 0.647. The van der Waals surface area contributed by atoms with Crippen LogP contribution in [0, 0.1) is 11.3 Å². The highest BCUT2D eigenvalue weighted by atomic mass is 16.5. The van der Waals surface area contributed by atoms with Crippen LogP contribution in [0.15, 0.2) is 54.6 Å². The van der Waals surface area contributed by atoms with E-state index in [1.807, 2.05) is 32.3 Å². The lowest BCUT2D eigenvalue weighted by Crippen LogP contribution is -2.37. The Balaban J connectivity index is 1.75. The maximum absolute atomic E-state index is 10.1. The van der Waals surface area contributed by atoms with Crippen molar-refractivity contribution in [2.24, 2.45) is 0 Å². The van der Waals surface area contributed by atoms with E-state index in [-0.39, 0.29) is 12.6 Å². The quantitative estimate of drug-likeness (QED) is 0.733. The number of likely N-dealkylation sites (N-methyl/N-ethyl adjacent to an activating group) is 1. The molecule has 2 aromatic rings. The Morgan fingerprint density at radius 2 is 1.76 bits per heavy atom. The average Bonchev–Trinajstić information content (AvgIpc) is 2.64. The molecule has 0 amide bonds. The summed E-state index contributed by atoms with van der Waals surface area (Å²) in [7, 11) is 4.09. The molecule has 25 heavy (non-hydrogen) atoms. The first kappa shape index (κ1) is 18.9. The van der Waals surface area contributed by atoms with Crippen molar-refractivity contribution in [3.8, 4) is 11.8 Å². The fraction of sp³-hybridized carbons (Fsp3) is 0.350. The Morgan fingerprint density at radius 3 is 2.36 bits per heavy atom. The molecule has 0 fully saturated rings. The fourth-order valence-electron chi connectivity index (χ4n) is 2.54. The summed E-state index contributed by atoms with van der Waals surface area (Å²) in [6.45, 7) is 1.40. The van der Waals surface area contributed by atoms with Gasteiger partial charge in [-0.15, -0.1) is 0 Å². The van der Waals surface area contributed by atoms with Crippen LogP contribution in [0.4, 0.5) is 0 Å². The predicted molar refractivity (Wildman–Crippen MR) is 98.4 cm³/mol. The van der Waals surface area contributed by atoms with E-state index in [9.17, 15) is 5.11 Å². The SMILES string of the molecule is CN(C)[C@@H](CNC[C@@H](O)COc1ccc(C#N)cc1)c1ccccc1. The van der Waals surface area contributed by atoms with Gasteiger partial charge in [0.25, 0.3) is 0 Å². The van der Waals surface area contributed by atoms with Gasteiger partial charge >= 0.3 is 0 Å². The monoisotopic (exact) mass is 339 g/mol. The summed E-state index contributed by atoms with van der Waals surface area (Å²) in [6.07, 6.45) is -0.603. The minimum atomic E-state index is -0.603. The Kier molecular flexibility index (Phi) is 7.42. The van der Waals surface area contributed by atoms with E-state index < -0.39 is 6.10 Å². The molecule has 0 aliphatic heterocycles. The molecular formula is C20H25N3O2. The molecule has 0 aliphatic rings. The van der Waals surface area contributed by atoms with Crippen molar-refractivity contribution in [2.75, 3.05) is 33.8 Å². The fourth-order valence-corrected chi connectivity index (χ4v) is 2.54. The van der Waals surface area contributed by atoms with Crippen LogP contribution in [-0.2, 0) is 0 Å². The lowest BCUT2D eigenvalue weighted by molar-refractivity contribution is 0.104. The highest BCUT2D eigenvalue weighted by Crippen LogP contribution is 2.16. The summed E-state index contributed by atoms with van der Waals surface area (Å²) in [5, 5.41) is 22.2. The van der Waals surface area contributed by atoms with Gasteiger partial charge in [-0.05, 0) is 43.9 Å². The molecule has 5 heteroatoms. The topological polar surface area (TPSA) is 68.5 Å². The zero-order chi connectivity index (χ0) is 18.1. The molecule has 0 radical (unpaired) electrons. The molecule has 0 saturated carbocycles. The first-order valence-corrected chi connectivity index (χ1v) is 8.33. The number of nitrogens with one attached hydrogen (secondary N) is 1. The Bertz CT molecular complexity index is 666. The number of nitrogens with zero attached hydrogens (tertiary/aromatic N) is 2. The molecule has 0 bridgehead atoms. The summed E-state index contributed by atoms with van der Waals surface area (Å²) >= 11 is 0. The molecule has 132 valence electrons. The first-order valence-electron chi connectivity index (χ1n) is 8.33. The van der Waals surface area contributed by atoms with Gasteiger partial charge < -0.3 is 20.1 Å². The highest BCUT2D eigenvalue weighted by Gasteiger charge is 2.14. The van der Waals surface area contributed by atoms with E-state index in [2.05, 4.69) is 28.4 Å². The second kappa shape index (κ2) is 9.80. The number of ether oxygens (including phenoxy) is 1. The summed E-state index contributed by atoms with van der Waals surface area (Å²) in [4.78, 5) is 2.15. The van der Waals surface area contributed by atoms with Crippen LogP contribution in [0.5, 0.6) is 5.75 Å². The zero-order valence-electron chi connectivity index (χ0n) is 14.7. The second-order valence-electron chi connectivity index (χ2n) is 6.15. The van der Waals surface area contributed by atoms with Crippen LogP contribution < -0.4 is 10.1 Å². The number of aliphatic hydroxyl groups is 1. The van der Waals surface area contributed by atoms with E-state index in [4.69, 9.17) is 10.00 Å². The van der Waals surface area contributed by atoms with Gasteiger partial charge in [0, 0.05) is 19.1 Å². The van der Waals surface area contributed by atoms with Crippen LogP contribution >= 0.6 is 0 Å². The van der Waals surface area contributed by atoms with Gasteiger partial charge in [0.05, 0.1) is 11.6 Å². The van der Waals surface area contributed by atoms with Gasteiger partial charge in [0.2, 0.25) is 0 Å². The average molecular weight is 339 g/mol. The minimum absolute atomic E-state index is 0.205. The van der Waals surface area contributed by atoms with E-state index >= 15 is 0 Å². The molecule has 0 saturated heterocycles. The lowest BCUT2D eigenvalue weighted by atomic mass is 10.1. The van der Waals surface area contributed by atoms with Crippen LogP contribution in [0.3, 0.4) is 0 Å². The van der Waals surface area contributed by atoms with Crippen LogP contribution in [-0.4, -0.2) is 49.9 Å². The van der Waals surface area contributed by atoms with Crippen LogP contribution in [0.1, 0.15) is 17.2 Å². The molecule has 0 aliphatic carbocycles. The van der Waals surface area contributed by atoms with Gasteiger partial charge in [0.1, 0.15) is 18.5 Å². The Hall–Kier alpha value is -2.39. The number of aliphatic hydroxyl groups excluding tert-OH is 1. The van der Waals surface area contributed by atoms with Gasteiger partial charge in [-0.3, -0.25) is 0 Å². The number of nitriles is 1. The molecule has 5 nitrogen and oxygen atoms in total. The Morgan fingerprint density at radius 1 is 1.08 bits per heavy atom. The van der Waals surface area contributed by atoms with Gasteiger partial charge in [-0.25, -0.2) is 0 Å². The van der Waals surface area contributed by atoms with Gasteiger partial charge in [-0.1, -0.05) is 30.3 Å². The predicted octanol–water partition coefficient (Wildman–Crippen LogP) is 2.19. The third-order valence-corrected chi connectivity index (χ3v) is 3.95. The smallest absolute Gasteiger partial charge is 0.119 e. The first-order chi connectivity index (χ1) is 12.1. The highest BCUT2D eigenvalue weighted by molar-refractivity contribution is 5.34. The molecule has 0 unspecified atom stereocenters. The van der Waals surface area contributed by atoms with Gasteiger partial charge in [-0.2, -0.15) is 5.26 Å². The second-order valence-corrected chi connectivity index (χ2v) is 6.15. The lowest BCUT2D eigenvalue weighted by Gasteiger charge is -2.25. The number of hydrogen-bond acceptors (Lipinski definition) is 5. The third kappa shape index (κ3) is 6.20. The van der Waals surface area contributed by atoms with Crippen molar-refractivity contribution in [1.29, 1.82) is 5.26 Å². The largest absolute Gasteiger partial charge is 0.491 e. The molecule has 2 N–H and O–H groups in total.